The molecule has 9 nitrogen and oxygen atoms in total. The third kappa shape index (κ3) is 4.07. The van der Waals surface area contributed by atoms with E-state index in [-0.39, 0.29) is 20.5 Å². The molecule has 1 aromatic carbocycles. The first kappa shape index (κ1) is 21.1. The van der Waals surface area contributed by atoms with E-state index >= 15 is 0 Å². The van der Waals surface area contributed by atoms with Crippen LogP contribution in [0, 0.1) is 0 Å². The lowest BCUT2D eigenvalue weighted by Gasteiger charge is -2.11. The van der Waals surface area contributed by atoms with E-state index in [0.29, 0.717) is 11.3 Å². The third-order valence-corrected chi connectivity index (χ3v) is 7.12. The van der Waals surface area contributed by atoms with Gasteiger partial charge in [-0.05, 0) is 32.0 Å². The zero-order chi connectivity index (χ0) is 21.8. The van der Waals surface area contributed by atoms with Gasteiger partial charge in [-0.2, -0.15) is 0 Å². The highest BCUT2D eigenvalue weighted by atomic mass is 32.2. The van der Waals surface area contributed by atoms with E-state index in [0.717, 1.165) is 29.6 Å². The lowest BCUT2D eigenvalue weighted by atomic mass is 10.1. The molecule has 2 aromatic rings. The standard InChI is InChI=1S/C16H14F2N2O7S2/c1-15(2,23)14(22)20-13-8(12(19)21)6-11(28-13)29(24,25)7-3-4-9-10(5-7)27-16(17,18)26-9/h3-6,23H,1-2H3,(H2,19,21)(H,20,22)/p+1. The van der Waals surface area contributed by atoms with Gasteiger partial charge in [0.2, 0.25) is 14.8 Å². The first-order chi connectivity index (χ1) is 13.2. The van der Waals surface area contributed by atoms with Gasteiger partial charge in [-0.3, -0.25) is 4.79 Å². The fourth-order valence-corrected chi connectivity index (χ4v) is 5.16. The van der Waals surface area contributed by atoms with Crippen molar-refractivity contribution in [3.8, 4) is 11.5 Å². The molecule has 0 unspecified atom stereocenters. The van der Waals surface area contributed by atoms with Crippen LogP contribution in [-0.4, -0.2) is 37.2 Å². The number of aliphatic hydroxyl groups is 1. The van der Waals surface area contributed by atoms with Gasteiger partial charge in [0, 0.05) is 6.07 Å². The van der Waals surface area contributed by atoms with Gasteiger partial charge in [-0.25, -0.2) is 18.5 Å². The second-order valence-electron chi connectivity index (χ2n) is 6.55. The highest BCUT2D eigenvalue weighted by Crippen LogP contribution is 2.43. The normalized spacial score (nSPS) is 15.3. The first-order valence-electron chi connectivity index (χ1n) is 7.91. The number of fused-ring (bicyclic) bond motifs is 1. The van der Waals surface area contributed by atoms with Crippen LogP contribution < -0.4 is 20.5 Å². The molecule has 5 N–H and O–H groups in total. The Morgan fingerprint density at radius 3 is 2.41 bits per heavy atom. The van der Waals surface area contributed by atoms with Crippen molar-refractivity contribution in [3.05, 3.63) is 29.8 Å². The molecule has 0 bridgehead atoms. The van der Waals surface area contributed by atoms with Crippen molar-refractivity contribution >= 4 is 38.0 Å². The Morgan fingerprint density at radius 1 is 1.21 bits per heavy atom. The van der Waals surface area contributed by atoms with Gasteiger partial charge in [0.25, 0.3) is 5.91 Å². The van der Waals surface area contributed by atoms with E-state index < -0.39 is 44.2 Å². The van der Waals surface area contributed by atoms with E-state index in [9.17, 15) is 31.9 Å². The Balaban J connectivity index is 2.01. The molecule has 0 saturated carbocycles. The summed E-state index contributed by atoms with van der Waals surface area (Å²) in [5.74, 6) is -2.55. The molecular weight excluding hydrogens is 434 g/mol. The molecule has 0 saturated heterocycles. The molecule has 1 aliphatic heterocycles. The van der Waals surface area contributed by atoms with Crippen LogP contribution in [0.1, 0.15) is 24.2 Å². The molecule has 29 heavy (non-hydrogen) atoms. The summed E-state index contributed by atoms with van der Waals surface area (Å²) in [5, 5.41) is 10.6. The van der Waals surface area contributed by atoms with Crippen LogP contribution in [0.4, 0.5) is 13.8 Å². The molecule has 1 aromatic heterocycles. The summed E-state index contributed by atoms with van der Waals surface area (Å²) in [6.45, 7) is 2.45. The highest BCUT2D eigenvalue weighted by molar-refractivity contribution is 7.93. The highest BCUT2D eigenvalue weighted by Gasteiger charge is 2.44. The molecule has 0 atom stereocenters. The van der Waals surface area contributed by atoms with E-state index in [2.05, 4.69) is 9.47 Å². The molecule has 0 spiro atoms. The van der Waals surface area contributed by atoms with Gasteiger partial charge in [0.1, 0.15) is 9.77 Å². The van der Waals surface area contributed by atoms with Gasteiger partial charge in [0.15, 0.2) is 17.1 Å². The van der Waals surface area contributed by atoms with E-state index in [4.69, 9.17) is 5.73 Å². The molecule has 0 aliphatic carbocycles. The Labute approximate surface area is 167 Å². The number of sulfone groups is 1. The van der Waals surface area contributed by atoms with Crippen LogP contribution in [0.5, 0.6) is 11.5 Å². The second-order valence-corrected chi connectivity index (χ2v) is 9.81. The number of thiophene rings is 1. The molecular formula is C16H15F2N2O7S2+. The monoisotopic (exact) mass is 449 g/mol. The Kier molecular flexibility index (Phi) is 4.89. The van der Waals surface area contributed by atoms with Crippen LogP contribution >= 0.6 is 11.3 Å². The summed E-state index contributed by atoms with van der Waals surface area (Å²) in [5.41, 5.74) is 3.27. The molecule has 3 rings (SSSR count). The lowest BCUT2D eigenvalue weighted by Crippen LogP contribution is -2.86. The van der Waals surface area contributed by atoms with Crippen LogP contribution in [0.2, 0.25) is 0 Å². The maximum atomic E-state index is 13.2. The number of carbonyl (C=O) groups is 2. The van der Waals surface area contributed by atoms with E-state index in [1.807, 2.05) is 0 Å². The minimum absolute atomic E-state index is 0.0597. The Morgan fingerprint density at radius 2 is 1.83 bits per heavy atom. The van der Waals surface area contributed by atoms with E-state index in [1.54, 1.807) is 0 Å². The van der Waals surface area contributed by atoms with Gasteiger partial charge < -0.3 is 20.3 Å². The summed E-state index contributed by atoms with van der Waals surface area (Å²) >= 11 is 0.571. The third-order valence-electron chi connectivity index (χ3n) is 3.82. The predicted molar refractivity (Wildman–Crippen MR) is 93.8 cm³/mol. The molecule has 2 amide bonds. The van der Waals surface area contributed by atoms with E-state index in [1.165, 1.54) is 13.8 Å². The Bertz CT molecular complexity index is 1120. The van der Waals surface area contributed by atoms with Crippen molar-refractivity contribution in [2.45, 2.75) is 34.8 Å². The quantitative estimate of drug-likeness (QED) is 0.601. The van der Waals surface area contributed by atoms with Crippen LogP contribution in [0.3, 0.4) is 0 Å². The van der Waals surface area contributed by atoms with Gasteiger partial charge in [-0.1, -0.05) is 11.3 Å². The van der Waals surface area contributed by atoms with Crippen LogP contribution in [0.25, 0.3) is 0 Å². The summed E-state index contributed by atoms with van der Waals surface area (Å²) in [4.78, 5) is 23.3. The zero-order valence-electron chi connectivity index (χ0n) is 14.9. The number of amides is 2. The average Bonchev–Trinajstić information content (AvgIpc) is 3.12. The molecule has 13 heteroatoms. The maximum Gasteiger partial charge on any atom is 0.586 e. The lowest BCUT2D eigenvalue weighted by molar-refractivity contribution is -0.489. The number of benzene rings is 1. The molecule has 156 valence electrons. The zero-order valence-corrected chi connectivity index (χ0v) is 16.6. The van der Waals surface area contributed by atoms with Crippen molar-refractivity contribution < 1.29 is 46.7 Å². The smallest absolute Gasteiger partial charge is 0.395 e. The maximum absolute atomic E-state index is 13.2. The number of hydrogen-bond acceptors (Lipinski definition) is 8. The molecule has 0 fully saturated rings. The van der Waals surface area contributed by atoms with Crippen molar-refractivity contribution in [1.82, 2.24) is 0 Å². The summed E-state index contributed by atoms with van der Waals surface area (Å²) in [6, 6.07) is 3.89. The minimum atomic E-state index is -4.27. The number of alkyl halides is 2. The van der Waals surface area contributed by atoms with Crippen molar-refractivity contribution in [1.29, 1.82) is 0 Å². The van der Waals surface area contributed by atoms with Gasteiger partial charge in [0.05, 0.1) is 4.90 Å². The number of quaternary nitrogens is 1. The average molecular weight is 449 g/mol. The molecule has 0 radical (unpaired) electrons. The van der Waals surface area contributed by atoms with Crippen LogP contribution in [-0.2, 0) is 14.6 Å². The summed E-state index contributed by atoms with van der Waals surface area (Å²) < 4.78 is 60.2. The number of primary amides is 2. The number of rotatable bonds is 5. The van der Waals surface area contributed by atoms with Crippen molar-refractivity contribution in [3.63, 3.8) is 0 Å². The second kappa shape index (κ2) is 6.73. The Hall–Kier alpha value is -2.61. The topological polar surface area (TPSA) is 150 Å². The predicted octanol–water partition coefficient (Wildman–Crippen LogP) is 0.494. The van der Waals surface area contributed by atoms with Gasteiger partial charge >= 0.3 is 12.2 Å². The van der Waals surface area contributed by atoms with Crippen molar-refractivity contribution in [2.24, 2.45) is 5.73 Å². The molecule has 1 aliphatic rings. The van der Waals surface area contributed by atoms with Gasteiger partial charge in [-0.15, -0.1) is 8.78 Å². The largest absolute Gasteiger partial charge is 0.586 e. The fraction of sp³-hybridized carbons (Fsp3) is 0.250. The van der Waals surface area contributed by atoms with Crippen molar-refractivity contribution in [2.75, 3.05) is 0 Å². The SMILES string of the molecule is CC(C)(O)C(=O)[NH2+]c1sc(S(=O)(=O)c2ccc3c(c2)OC(F)(F)O3)cc1C(N)=O. The van der Waals surface area contributed by atoms with Crippen LogP contribution in [0.15, 0.2) is 33.4 Å². The minimum Gasteiger partial charge on any atom is -0.395 e. The number of carbonyl (C=O) groups excluding carboxylic acids is 2. The summed E-state index contributed by atoms with van der Waals surface area (Å²) in [7, 11) is -4.27. The number of nitrogens with two attached hydrogens (primary N) is 2. The number of halogens is 2. The number of ether oxygens (including phenoxy) is 2. The summed E-state index contributed by atoms with van der Waals surface area (Å²) in [6.07, 6.45) is -3.91. The number of hydrogen-bond donors (Lipinski definition) is 3. The molecule has 2 heterocycles. The fourth-order valence-electron chi connectivity index (χ4n) is 2.32. The first-order valence-corrected chi connectivity index (χ1v) is 10.2.